The molecule has 15 heavy (non-hydrogen) atoms. The number of nitrogens with one attached hydrogen (secondary N) is 1. The highest BCUT2D eigenvalue weighted by Crippen LogP contribution is 2.27. The van der Waals surface area contributed by atoms with Crippen LogP contribution in [0, 0.1) is 6.92 Å². The topological polar surface area (TPSA) is 29.9 Å². The van der Waals surface area contributed by atoms with Crippen molar-refractivity contribution in [2.24, 2.45) is 7.05 Å². The van der Waals surface area contributed by atoms with Gasteiger partial charge in [-0.25, -0.2) is 4.98 Å². The molecule has 0 aliphatic heterocycles. The van der Waals surface area contributed by atoms with Gasteiger partial charge in [-0.15, -0.1) is 0 Å². The molecule has 4 heteroatoms. The number of rotatable bonds is 2. The predicted octanol–water partition coefficient (Wildman–Crippen LogP) is 3.23. The summed E-state index contributed by atoms with van der Waals surface area (Å²) in [5.41, 5.74) is 2.23. The highest BCUT2D eigenvalue weighted by Gasteiger charge is 2.04. The summed E-state index contributed by atoms with van der Waals surface area (Å²) in [5.74, 6) is 0.835. The maximum atomic E-state index is 4.21. The van der Waals surface area contributed by atoms with Crippen molar-refractivity contribution in [3.05, 3.63) is 40.6 Å². The second-order valence-corrected chi connectivity index (χ2v) is 4.22. The van der Waals surface area contributed by atoms with Crippen molar-refractivity contribution >= 4 is 27.6 Å². The lowest BCUT2D eigenvalue weighted by molar-refractivity contribution is 0.924. The van der Waals surface area contributed by atoms with Crippen molar-refractivity contribution in [3.8, 4) is 0 Å². The Labute approximate surface area is 97.3 Å². The largest absolute Gasteiger partial charge is 0.325 e. The molecule has 1 aromatic carbocycles. The summed E-state index contributed by atoms with van der Waals surface area (Å²) in [6, 6.07) is 6.10. The Bertz CT molecular complexity index is 476. The first-order chi connectivity index (χ1) is 7.18. The number of aryl methyl sites for hydroxylation is 2. The molecule has 0 atom stereocenters. The molecule has 0 fully saturated rings. The van der Waals surface area contributed by atoms with Gasteiger partial charge in [0.05, 0.1) is 5.69 Å². The predicted molar refractivity (Wildman–Crippen MR) is 65.4 cm³/mol. The fraction of sp³-hybridized carbons (Fsp3) is 0.182. The third kappa shape index (κ3) is 2.04. The van der Waals surface area contributed by atoms with Crippen LogP contribution in [0.3, 0.4) is 0 Å². The molecule has 3 nitrogen and oxygen atoms in total. The lowest BCUT2D eigenvalue weighted by Crippen LogP contribution is -1.99. The highest BCUT2D eigenvalue weighted by molar-refractivity contribution is 9.10. The maximum Gasteiger partial charge on any atom is 0.207 e. The molecule has 1 aromatic heterocycles. The number of aromatic nitrogens is 2. The van der Waals surface area contributed by atoms with E-state index in [4.69, 9.17) is 0 Å². The lowest BCUT2D eigenvalue weighted by atomic mass is 10.2. The molecule has 0 saturated carbocycles. The third-order valence-corrected chi connectivity index (χ3v) is 3.31. The van der Waals surface area contributed by atoms with Crippen LogP contribution in [0.1, 0.15) is 5.56 Å². The van der Waals surface area contributed by atoms with Crippen LogP contribution in [0.25, 0.3) is 0 Å². The van der Waals surface area contributed by atoms with Crippen molar-refractivity contribution in [2.75, 3.05) is 5.32 Å². The molecule has 0 spiro atoms. The number of nitrogens with zero attached hydrogens (tertiary/aromatic N) is 2. The number of hydrogen-bond donors (Lipinski definition) is 1. The first-order valence-electron chi connectivity index (χ1n) is 4.68. The van der Waals surface area contributed by atoms with Crippen LogP contribution in [0.15, 0.2) is 35.1 Å². The normalized spacial score (nSPS) is 10.3. The monoisotopic (exact) mass is 265 g/mol. The molecule has 0 aliphatic carbocycles. The van der Waals surface area contributed by atoms with Gasteiger partial charge < -0.3 is 9.88 Å². The molecule has 0 radical (unpaired) electrons. The van der Waals surface area contributed by atoms with Crippen LogP contribution in [0.2, 0.25) is 0 Å². The van der Waals surface area contributed by atoms with Gasteiger partial charge in [0.25, 0.3) is 0 Å². The second-order valence-electron chi connectivity index (χ2n) is 3.42. The van der Waals surface area contributed by atoms with E-state index in [-0.39, 0.29) is 0 Å². The van der Waals surface area contributed by atoms with Gasteiger partial charge in [0.15, 0.2) is 0 Å². The highest BCUT2D eigenvalue weighted by atomic mass is 79.9. The maximum absolute atomic E-state index is 4.21. The summed E-state index contributed by atoms with van der Waals surface area (Å²) in [4.78, 5) is 4.21. The molecule has 2 rings (SSSR count). The second kappa shape index (κ2) is 4.06. The summed E-state index contributed by atoms with van der Waals surface area (Å²) >= 11 is 3.55. The van der Waals surface area contributed by atoms with Crippen LogP contribution in [-0.2, 0) is 7.05 Å². The van der Waals surface area contributed by atoms with Crippen molar-refractivity contribution in [3.63, 3.8) is 0 Å². The van der Waals surface area contributed by atoms with Crippen molar-refractivity contribution in [1.29, 1.82) is 0 Å². The zero-order chi connectivity index (χ0) is 10.8. The number of anilines is 2. The molecule has 0 amide bonds. The number of hydrogen-bond acceptors (Lipinski definition) is 2. The summed E-state index contributed by atoms with van der Waals surface area (Å²) in [6.07, 6.45) is 3.68. The van der Waals surface area contributed by atoms with Crippen molar-refractivity contribution < 1.29 is 0 Å². The van der Waals surface area contributed by atoms with Gasteiger partial charge >= 0.3 is 0 Å². The van der Waals surface area contributed by atoms with Crippen molar-refractivity contribution in [1.82, 2.24) is 9.55 Å². The van der Waals surface area contributed by atoms with Crippen molar-refractivity contribution in [2.45, 2.75) is 6.92 Å². The minimum absolute atomic E-state index is 0.835. The molecule has 78 valence electrons. The molecule has 1 N–H and O–H groups in total. The van der Waals surface area contributed by atoms with E-state index in [1.165, 1.54) is 5.56 Å². The SMILES string of the molecule is Cc1cccc(Nc2nccn2C)c1Br. The Morgan fingerprint density at radius 1 is 1.40 bits per heavy atom. The third-order valence-electron chi connectivity index (χ3n) is 2.26. The molecule has 1 heterocycles. The summed E-state index contributed by atoms with van der Waals surface area (Å²) in [5, 5.41) is 3.27. The number of benzene rings is 1. The van der Waals surface area contributed by atoms with E-state index in [1.54, 1.807) is 6.20 Å². The Balaban J connectivity index is 2.33. The number of imidazole rings is 1. The van der Waals surface area contributed by atoms with Gasteiger partial charge in [0.2, 0.25) is 5.95 Å². The first-order valence-corrected chi connectivity index (χ1v) is 5.47. The fourth-order valence-corrected chi connectivity index (χ4v) is 1.71. The van der Waals surface area contributed by atoms with E-state index < -0.39 is 0 Å². The van der Waals surface area contributed by atoms with E-state index in [0.717, 1.165) is 16.1 Å². The lowest BCUT2D eigenvalue weighted by Gasteiger charge is -2.09. The van der Waals surface area contributed by atoms with Crippen LogP contribution in [0.5, 0.6) is 0 Å². The fourth-order valence-electron chi connectivity index (χ4n) is 1.35. The average Bonchev–Trinajstić information content (AvgIpc) is 2.60. The van der Waals surface area contributed by atoms with E-state index in [1.807, 2.05) is 29.9 Å². The molecular formula is C11H12BrN3. The Kier molecular flexibility index (Phi) is 2.77. The van der Waals surface area contributed by atoms with E-state index in [2.05, 4.69) is 39.2 Å². The Hall–Kier alpha value is -1.29. The van der Waals surface area contributed by atoms with Gasteiger partial charge in [-0.1, -0.05) is 12.1 Å². The standard InChI is InChI=1S/C11H12BrN3/c1-8-4-3-5-9(10(8)12)14-11-13-6-7-15(11)2/h3-7H,1-2H3,(H,13,14). The minimum Gasteiger partial charge on any atom is -0.325 e. The molecule has 0 bridgehead atoms. The molecular weight excluding hydrogens is 254 g/mol. The average molecular weight is 266 g/mol. The summed E-state index contributed by atoms with van der Waals surface area (Å²) in [6.45, 7) is 2.06. The molecule has 2 aromatic rings. The number of halogens is 1. The van der Waals surface area contributed by atoms with Crippen LogP contribution >= 0.6 is 15.9 Å². The van der Waals surface area contributed by atoms with Gasteiger partial charge in [-0.2, -0.15) is 0 Å². The van der Waals surface area contributed by atoms with Gasteiger partial charge in [0.1, 0.15) is 0 Å². The smallest absolute Gasteiger partial charge is 0.207 e. The molecule has 0 aliphatic rings. The Morgan fingerprint density at radius 3 is 2.87 bits per heavy atom. The van der Waals surface area contributed by atoms with Crippen LogP contribution in [0.4, 0.5) is 11.6 Å². The summed E-state index contributed by atoms with van der Waals surface area (Å²) in [7, 11) is 1.96. The summed E-state index contributed by atoms with van der Waals surface area (Å²) < 4.78 is 3.02. The van der Waals surface area contributed by atoms with Crippen LogP contribution in [-0.4, -0.2) is 9.55 Å². The van der Waals surface area contributed by atoms with E-state index in [0.29, 0.717) is 0 Å². The molecule has 0 unspecified atom stereocenters. The minimum atomic E-state index is 0.835. The van der Waals surface area contributed by atoms with E-state index in [9.17, 15) is 0 Å². The van der Waals surface area contributed by atoms with Crippen LogP contribution < -0.4 is 5.32 Å². The zero-order valence-electron chi connectivity index (χ0n) is 8.66. The van der Waals surface area contributed by atoms with E-state index >= 15 is 0 Å². The van der Waals surface area contributed by atoms with Gasteiger partial charge in [-0.3, -0.25) is 0 Å². The molecule has 0 saturated heterocycles. The first kappa shape index (κ1) is 10.2. The zero-order valence-corrected chi connectivity index (χ0v) is 10.2. The quantitative estimate of drug-likeness (QED) is 0.904. The van der Waals surface area contributed by atoms with Gasteiger partial charge in [-0.05, 0) is 34.5 Å². The Morgan fingerprint density at radius 2 is 2.20 bits per heavy atom. The van der Waals surface area contributed by atoms with Gasteiger partial charge in [0, 0.05) is 23.9 Å².